The lowest BCUT2D eigenvalue weighted by atomic mass is 9.92. The molecule has 2 N–H and O–H groups in total. The number of piperazine rings is 1. The van der Waals surface area contributed by atoms with Crippen LogP contribution >= 0.6 is 11.3 Å². The Kier molecular flexibility index (Phi) is 9.33. The average molecular weight is 657 g/mol. The van der Waals surface area contributed by atoms with Crippen molar-refractivity contribution in [1.82, 2.24) is 20.1 Å². The number of aliphatic imine (C=N–C) groups is 1. The number of esters is 1. The number of fused-ring (bicyclic) bond motifs is 1. The van der Waals surface area contributed by atoms with E-state index in [4.69, 9.17) is 21.3 Å². The molecular formula is C34H33FN6O5S. The molecule has 0 saturated carbocycles. The molecule has 0 unspecified atom stereocenters. The lowest BCUT2D eigenvalue weighted by molar-refractivity contribution is -0.139. The van der Waals surface area contributed by atoms with Crippen LogP contribution < -0.4 is 10.2 Å². The first-order chi connectivity index (χ1) is 22.7. The van der Waals surface area contributed by atoms with Gasteiger partial charge in [0.1, 0.15) is 11.9 Å². The lowest BCUT2D eigenvalue weighted by Gasteiger charge is -2.38. The SMILES string of the molecule is C#Cc1cc(F)ccc1[C@@H]1N=C(c2nccs2)NC(CN2CCN3C(=O)N(c4ccc(CCC(=O)O)cc4)C[C@@H]3C2)=C1C(=O)OCC. The third-order valence-corrected chi connectivity index (χ3v) is 9.20. The Morgan fingerprint density at radius 3 is 2.70 bits per heavy atom. The van der Waals surface area contributed by atoms with Gasteiger partial charge in [0, 0.05) is 67.7 Å². The Morgan fingerprint density at radius 1 is 1.19 bits per heavy atom. The third-order valence-electron chi connectivity index (χ3n) is 8.42. The van der Waals surface area contributed by atoms with Gasteiger partial charge in [-0.3, -0.25) is 19.6 Å². The van der Waals surface area contributed by atoms with Gasteiger partial charge in [0.25, 0.3) is 0 Å². The molecule has 0 spiro atoms. The number of aliphatic carboxylic acids is 1. The first-order valence-electron chi connectivity index (χ1n) is 15.3. The lowest BCUT2D eigenvalue weighted by Crippen LogP contribution is -2.53. The number of halogens is 1. The average Bonchev–Trinajstić information content (AvgIpc) is 3.72. The molecule has 4 heterocycles. The summed E-state index contributed by atoms with van der Waals surface area (Å²) in [4.78, 5) is 53.0. The Bertz CT molecular complexity index is 1780. The van der Waals surface area contributed by atoms with Crippen LogP contribution in [0.2, 0.25) is 0 Å². The second-order valence-electron chi connectivity index (χ2n) is 11.4. The number of amidine groups is 1. The quantitative estimate of drug-likeness (QED) is 0.249. The summed E-state index contributed by atoms with van der Waals surface area (Å²) < 4.78 is 19.7. The van der Waals surface area contributed by atoms with Crippen molar-refractivity contribution in [2.45, 2.75) is 31.8 Å². The van der Waals surface area contributed by atoms with Gasteiger partial charge < -0.3 is 20.1 Å². The van der Waals surface area contributed by atoms with E-state index >= 15 is 0 Å². The van der Waals surface area contributed by atoms with Gasteiger partial charge in [0.2, 0.25) is 0 Å². The van der Waals surface area contributed by atoms with E-state index in [1.54, 1.807) is 24.1 Å². The first kappa shape index (κ1) is 31.9. The molecule has 3 aliphatic rings. The maximum Gasteiger partial charge on any atom is 0.338 e. The van der Waals surface area contributed by atoms with Crippen molar-refractivity contribution in [2.75, 3.05) is 44.2 Å². The number of terminal acetylenes is 1. The predicted molar refractivity (Wildman–Crippen MR) is 175 cm³/mol. The van der Waals surface area contributed by atoms with E-state index in [1.807, 2.05) is 34.5 Å². The van der Waals surface area contributed by atoms with Gasteiger partial charge in [-0.2, -0.15) is 0 Å². The number of carbonyl (C=O) groups excluding carboxylic acids is 2. The minimum absolute atomic E-state index is 0.0454. The number of carboxylic acid groups (broad SMARTS) is 1. The zero-order chi connectivity index (χ0) is 33.1. The van der Waals surface area contributed by atoms with Gasteiger partial charge >= 0.3 is 18.0 Å². The number of urea groups is 1. The number of amides is 2. The summed E-state index contributed by atoms with van der Waals surface area (Å²) in [7, 11) is 0. The van der Waals surface area contributed by atoms with Crippen LogP contribution in [0.3, 0.4) is 0 Å². The molecule has 1 aromatic heterocycles. The zero-order valence-electron chi connectivity index (χ0n) is 25.7. The molecule has 0 bridgehead atoms. The molecule has 2 atom stereocenters. The van der Waals surface area contributed by atoms with Crippen LogP contribution in [0.5, 0.6) is 0 Å². The van der Waals surface area contributed by atoms with Crippen molar-refractivity contribution in [3.8, 4) is 12.3 Å². The van der Waals surface area contributed by atoms with Gasteiger partial charge in [-0.25, -0.2) is 19.0 Å². The Balaban J connectivity index is 1.27. The second kappa shape index (κ2) is 13.7. The second-order valence-corrected chi connectivity index (χ2v) is 12.3. The van der Waals surface area contributed by atoms with Crippen LogP contribution in [0.15, 0.2) is 70.3 Å². The van der Waals surface area contributed by atoms with Crippen molar-refractivity contribution in [3.63, 3.8) is 0 Å². The molecular weight excluding hydrogens is 623 g/mol. The maximum absolute atomic E-state index is 14.2. The van der Waals surface area contributed by atoms with Crippen LogP contribution in [-0.2, 0) is 20.7 Å². The van der Waals surface area contributed by atoms with Gasteiger partial charge in [0.05, 0.1) is 18.2 Å². The fourth-order valence-electron chi connectivity index (χ4n) is 6.18. The maximum atomic E-state index is 14.2. The molecule has 47 heavy (non-hydrogen) atoms. The van der Waals surface area contributed by atoms with Crippen LogP contribution in [0.1, 0.15) is 41.1 Å². The van der Waals surface area contributed by atoms with E-state index < -0.39 is 23.8 Å². The van der Waals surface area contributed by atoms with Crippen molar-refractivity contribution in [2.24, 2.45) is 4.99 Å². The third kappa shape index (κ3) is 6.74. The van der Waals surface area contributed by atoms with Crippen molar-refractivity contribution in [1.29, 1.82) is 0 Å². The van der Waals surface area contributed by atoms with E-state index in [0.29, 0.717) is 61.2 Å². The number of nitrogens with one attached hydrogen (secondary N) is 1. The monoisotopic (exact) mass is 656 g/mol. The summed E-state index contributed by atoms with van der Waals surface area (Å²) in [5.41, 5.74) is 3.30. The summed E-state index contributed by atoms with van der Waals surface area (Å²) in [6, 6.07) is 10.5. The molecule has 3 aliphatic heterocycles. The fraction of sp³-hybridized carbons (Fsp3) is 0.324. The van der Waals surface area contributed by atoms with Gasteiger partial charge in [-0.05, 0) is 48.7 Å². The standard InChI is InChI=1S/C34H33FN6O5S/c1-3-22-17-23(35)8-11-26(22)30-29(33(44)46-4-2)27(37-31(38-30)32-36-13-16-47-32)20-39-14-15-40-25(18-39)19-41(34(40)45)24-9-5-21(6-10-24)7-12-28(42)43/h1,5-6,8-11,13,16-17,25,30H,4,7,12,14-15,18-20H2,2H3,(H,37,38)(H,42,43)/t25-,30-/m0/s1. The summed E-state index contributed by atoms with van der Waals surface area (Å²) >= 11 is 1.39. The number of carbonyl (C=O) groups is 3. The van der Waals surface area contributed by atoms with Crippen LogP contribution in [0.4, 0.5) is 14.9 Å². The van der Waals surface area contributed by atoms with E-state index in [2.05, 4.69) is 21.1 Å². The smallest absolute Gasteiger partial charge is 0.338 e. The number of carboxylic acids is 1. The summed E-state index contributed by atoms with van der Waals surface area (Å²) in [5.74, 6) is 1.11. The minimum Gasteiger partial charge on any atom is -0.481 e. The van der Waals surface area contributed by atoms with Crippen molar-refractivity contribution in [3.05, 3.63) is 92.8 Å². The number of rotatable bonds is 10. The van der Waals surface area contributed by atoms with E-state index in [-0.39, 0.29) is 36.2 Å². The highest BCUT2D eigenvalue weighted by Gasteiger charge is 2.42. The highest BCUT2D eigenvalue weighted by Crippen LogP contribution is 2.36. The largest absolute Gasteiger partial charge is 0.481 e. The van der Waals surface area contributed by atoms with Crippen LogP contribution in [0.25, 0.3) is 0 Å². The normalized spacial score (nSPS) is 19.6. The highest BCUT2D eigenvalue weighted by molar-refractivity contribution is 7.11. The number of benzene rings is 2. The number of thiazole rings is 1. The topological polar surface area (TPSA) is 128 Å². The number of anilines is 1. The Morgan fingerprint density at radius 2 is 2.00 bits per heavy atom. The predicted octanol–water partition coefficient (Wildman–Crippen LogP) is 3.82. The zero-order valence-corrected chi connectivity index (χ0v) is 26.5. The van der Waals surface area contributed by atoms with Crippen LogP contribution in [0, 0.1) is 18.2 Å². The molecule has 2 saturated heterocycles. The number of hydrogen-bond donors (Lipinski definition) is 2. The minimum atomic E-state index is -0.862. The fourth-order valence-corrected chi connectivity index (χ4v) is 6.77. The molecule has 2 fully saturated rings. The van der Waals surface area contributed by atoms with Crippen molar-refractivity contribution >= 4 is 40.8 Å². The molecule has 13 heteroatoms. The Hall–Kier alpha value is -5.06. The van der Waals surface area contributed by atoms with Gasteiger partial charge in [-0.15, -0.1) is 17.8 Å². The molecule has 6 rings (SSSR count). The Labute approximate surface area is 275 Å². The highest BCUT2D eigenvalue weighted by atomic mass is 32.1. The molecule has 3 aromatic rings. The molecule has 2 aromatic carbocycles. The molecule has 242 valence electrons. The number of ether oxygens (including phenoxy) is 1. The van der Waals surface area contributed by atoms with E-state index in [0.717, 1.165) is 11.3 Å². The summed E-state index contributed by atoms with van der Waals surface area (Å²) in [6.07, 6.45) is 7.91. The molecule has 11 nitrogen and oxygen atoms in total. The van der Waals surface area contributed by atoms with E-state index in [9.17, 15) is 18.8 Å². The van der Waals surface area contributed by atoms with Crippen LogP contribution in [-0.4, -0.2) is 89.1 Å². The number of aryl methyl sites for hydroxylation is 1. The van der Waals surface area contributed by atoms with Crippen molar-refractivity contribution < 1.29 is 28.6 Å². The number of hydrogen-bond acceptors (Lipinski definition) is 9. The number of aromatic nitrogens is 1. The van der Waals surface area contributed by atoms with Gasteiger partial charge in [0.15, 0.2) is 10.8 Å². The first-order valence-corrected chi connectivity index (χ1v) is 16.2. The summed E-state index contributed by atoms with van der Waals surface area (Å²) in [6.45, 7) is 4.30. The molecule has 0 radical (unpaired) electrons. The molecule has 2 amide bonds. The van der Waals surface area contributed by atoms with Gasteiger partial charge in [-0.1, -0.05) is 24.1 Å². The number of nitrogens with zero attached hydrogens (tertiary/aromatic N) is 5. The molecule has 0 aliphatic carbocycles. The summed E-state index contributed by atoms with van der Waals surface area (Å²) in [5, 5.41) is 14.8. The van der Waals surface area contributed by atoms with E-state index in [1.165, 1.54) is 23.5 Å².